The quantitative estimate of drug-likeness (QED) is 0.695. The van der Waals surface area contributed by atoms with Gasteiger partial charge in [0.05, 0.1) is 6.10 Å². The van der Waals surface area contributed by atoms with Crippen LogP contribution in [0.15, 0.2) is 0 Å². The highest BCUT2D eigenvalue weighted by atomic mass is 16.5. The van der Waals surface area contributed by atoms with Crippen LogP contribution in [0.2, 0.25) is 0 Å². The van der Waals surface area contributed by atoms with Crippen LogP contribution in [0.1, 0.15) is 32.1 Å². The van der Waals surface area contributed by atoms with Gasteiger partial charge in [-0.25, -0.2) is 0 Å². The first-order chi connectivity index (χ1) is 6.78. The summed E-state index contributed by atoms with van der Waals surface area (Å²) in [6, 6.07) is 0. The molecule has 3 N–H and O–H groups in total. The Kier molecular flexibility index (Phi) is 3.10. The first-order valence-electron chi connectivity index (χ1n) is 5.74. The predicted octanol–water partition coefficient (Wildman–Crippen LogP) is 0.903. The van der Waals surface area contributed by atoms with Crippen molar-refractivity contribution in [3.8, 4) is 0 Å². The van der Waals surface area contributed by atoms with Crippen LogP contribution in [0.5, 0.6) is 0 Å². The molecule has 0 aromatic heterocycles. The molecule has 0 spiro atoms. The first-order valence-corrected chi connectivity index (χ1v) is 5.74. The minimum Gasteiger partial charge on any atom is -0.393 e. The summed E-state index contributed by atoms with van der Waals surface area (Å²) in [5, 5.41) is 9.94. The van der Waals surface area contributed by atoms with E-state index in [1.54, 1.807) is 0 Å². The molecule has 82 valence electrons. The molecule has 3 nitrogen and oxygen atoms in total. The van der Waals surface area contributed by atoms with Gasteiger partial charge in [-0.3, -0.25) is 0 Å². The van der Waals surface area contributed by atoms with Gasteiger partial charge < -0.3 is 15.6 Å². The zero-order valence-electron chi connectivity index (χ0n) is 8.74. The monoisotopic (exact) mass is 199 g/mol. The van der Waals surface area contributed by atoms with Crippen molar-refractivity contribution in [1.29, 1.82) is 0 Å². The molecule has 0 bridgehead atoms. The normalized spacial score (nSPS) is 37.3. The number of aliphatic hydroxyl groups excluding tert-OH is 1. The molecular weight excluding hydrogens is 178 g/mol. The largest absolute Gasteiger partial charge is 0.393 e. The SMILES string of the molecule is NCC1(C2CCCC2O)CCOCC1. The molecule has 0 radical (unpaired) electrons. The molecule has 2 unspecified atom stereocenters. The minimum atomic E-state index is -0.114. The smallest absolute Gasteiger partial charge is 0.0574 e. The molecule has 1 saturated carbocycles. The van der Waals surface area contributed by atoms with Crippen molar-refractivity contribution < 1.29 is 9.84 Å². The molecule has 3 heteroatoms. The number of hydrogen-bond donors (Lipinski definition) is 2. The lowest BCUT2D eigenvalue weighted by atomic mass is 9.68. The molecule has 2 fully saturated rings. The van der Waals surface area contributed by atoms with E-state index in [0.717, 1.165) is 45.3 Å². The fourth-order valence-corrected chi connectivity index (χ4v) is 3.16. The lowest BCUT2D eigenvalue weighted by Crippen LogP contribution is -2.45. The average Bonchev–Trinajstić information content (AvgIpc) is 2.66. The van der Waals surface area contributed by atoms with Crippen molar-refractivity contribution >= 4 is 0 Å². The van der Waals surface area contributed by atoms with Crippen LogP contribution in [-0.4, -0.2) is 31.0 Å². The van der Waals surface area contributed by atoms with Crippen LogP contribution in [-0.2, 0) is 4.74 Å². The third-order valence-corrected chi connectivity index (χ3v) is 4.16. The summed E-state index contributed by atoms with van der Waals surface area (Å²) in [4.78, 5) is 0. The Hall–Kier alpha value is -0.120. The summed E-state index contributed by atoms with van der Waals surface area (Å²) in [6.45, 7) is 2.35. The van der Waals surface area contributed by atoms with Gasteiger partial charge in [-0.05, 0) is 43.6 Å². The summed E-state index contributed by atoms with van der Waals surface area (Å²) in [5.74, 6) is 0.427. The second-order valence-electron chi connectivity index (χ2n) is 4.78. The van der Waals surface area contributed by atoms with Gasteiger partial charge in [0.25, 0.3) is 0 Å². The van der Waals surface area contributed by atoms with Crippen LogP contribution >= 0.6 is 0 Å². The van der Waals surface area contributed by atoms with Crippen LogP contribution < -0.4 is 5.73 Å². The molecule has 0 aromatic rings. The van der Waals surface area contributed by atoms with Crippen molar-refractivity contribution in [2.75, 3.05) is 19.8 Å². The molecule has 14 heavy (non-hydrogen) atoms. The molecule has 1 heterocycles. The molecule has 1 aliphatic heterocycles. The maximum atomic E-state index is 9.94. The Balaban J connectivity index is 2.09. The third kappa shape index (κ3) is 1.69. The van der Waals surface area contributed by atoms with Gasteiger partial charge in [-0.15, -0.1) is 0 Å². The molecule has 2 aliphatic rings. The molecule has 2 atom stereocenters. The van der Waals surface area contributed by atoms with E-state index in [9.17, 15) is 5.11 Å². The van der Waals surface area contributed by atoms with Crippen molar-refractivity contribution in [3.05, 3.63) is 0 Å². The maximum Gasteiger partial charge on any atom is 0.0574 e. The van der Waals surface area contributed by atoms with E-state index < -0.39 is 0 Å². The van der Waals surface area contributed by atoms with E-state index in [1.807, 2.05) is 0 Å². The number of ether oxygens (including phenoxy) is 1. The average molecular weight is 199 g/mol. The summed E-state index contributed by atoms with van der Waals surface area (Å²) in [5.41, 5.74) is 6.09. The highest BCUT2D eigenvalue weighted by Gasteiger charge is 2.44. The molecule has 0 amide bonds. The Morgan fingerprint density at radius 1 is 1.29 bits per heavy atom. The fourth-order valence-electron chi connectivity index (χ4n) is 3.16. The Labute approximate surface area is 85.6 Å². The van der Waals surface area contributed by atoms with Crippen molar-refractivity contribution in [2.45, 2.75) is 38.2 Å². The van der Waals surface area contributed by atoms with Gasteiger partial charge >= 0.3 is 0 Å². The minimum absolute atomic E-state index is 0.114. The number of hydrogen-bond acceptors (Lipinski definition) is 3. The van der Waals surface area contributed by atoms with E-state index in [1.165, 1.54) is 0 Å². The standard InChI is InChI=1S/C11H21NO2/c12-8-11(4-6-14-7-5-11)9-2-1-3-10(9)13/h9-10,13H,1-8,12H2. The van der Waals surface area contributed by atoms with E-state index in [2.05, 4.69) is 0 Å². The van der Waals surface area contributed by atoms with Crippen LogP contribution in [0.4, 0.5) is 0 Å². The Bertz CT molecular complexity index is 190. The highest BCUT2D eigenvalue weighted by Crippen LogP contribution is 2.45. The molecule has 1 saturated heterocycles. The van der Waals surface area contributed by atoms with Crippen LogP contribution in [0.25, 0.3) is 0 Å². The van der Waals surface area contributed by atoms with Gasteiger partial charge in [0.2, 0.25) is 0 Å². The number of nitrogens with two attached hydrogens (primary N) is 1. The summed E-state index contributed by atoms with van der Waals surface area (Å²) < 4.78 is 5.38. The van der Waals surface area contributed by atoms with E-state index >= 15 is 0 Å². The third-order valence-electron chi connectivity index (χ3n) is 4.16. The van der Waals surface area contributed by atoms with Crippen molar-refractivity contribution in [2.24, 2.45) is 17.1 Å². The van der Waals surface area contributed by atoms with Crippen LogP contribution in [0, 0.1) is 11.3 Å². The molecule has 2 rings (SSSR count). The first kappa shape index (κ1) is 10.4. The molecule has 0 aromatic carbocycles. The topological polar surface area (TPSA) is 55.5 Å². The summed E-state index contributed by atoms with van der Waals surface area (Å²) in [7, 11) is 0. The van der Waals surface area contributed by atoms with Crippen molar-refractivity contribution in [1.82, 2.24) is 0 Å². The lowest BCUT2D eigenvalue weighted by Gasteiger charge is -2.42. The molecular formula is C11H21NO2. The lowest BCUT2D eigenvalue weighted by molar-refractivity contribution is -0.0439. The van der Waals surface area contributed by atoms with Crippen molar-refractivity contribution in [3.63, 3.8) is 0 Å². The Morgan fingerprint density at radius 3 is 2.50 bits per heavy atom. The van der Waals surface area contributed by atoms with Gasteiger partial charge in [0, 0.05) is 13.2 Å². The zero-order chi connectivity index (χ0) is 10.0. The fraction of sp³-hybridized carbons (Fsp3) is 1.00. The highest BCUT2D eigenvalue weighted by molar-refractivity contribution is 4.95. The van der Waals surface area contributed by atoms with Gasteiger partial charge in [0.15, 0.2) is 0 Å². The number of rotatable bonds is 2. The number of aliphatic hydroxyl groups is 1. The van der Waals surface area contributed by atoms with E-state index in [0.29, 0.717) is 12.5 Å². The zero-order valence-corrected chi connectivity index (χ0v) is 8.74. The van der Waals surface area contributed by atoms with Gasteiger partial charge in [-0.2, -0.15) is 0 Å². The van der Waals surface area contributed by atoms with Gasteiger partial charge in [0.1, 0.15) is 0 Å². The van der Waals surface area contributed by atoms with E-state index in [4.69, 9.17) is 10.5 Å². The second kappa shape index (κ2) is 4.17. The van der Waals surface area contributed by atoms with E-state index in [-0.39, 0.29) is 11.5 Å². The summed E-state index contributed by atoms with van der Waals surface area (Å²) >= 11 is 0. The van der Waals surface area contributed by atoms with Gasteiger partial charge in [-0.1, -0.05) is 6.42 Å². The second-order valence-corrected chi connectivity index (χ2v) is 4.78. The predicted molar refractivity (Wildman–Crippen MR) is 54.9 cm³/mol. The van der Waals surface area contributed by atoms with Crippen LogP contribution in [0.3, 0.4) is 0 Å². The Morgan fingerprint density at radius 2 is 2.00 bits per heavy atom. The maximum absolute atomic E-state index is 9.94. The molecule has 1 aliphatic carbocycles. The summed E-state index contributed by atoms with van der Waals surface area (Å²) in [6.07, 6.45) is 5.23.